The van der Waals surface area contributed by atoms with E-state index < -0.39 is 0 Å². The van der Waals surface area contributed by atoms with Crippen LogP contribution in [0.5, 0.6) is 0 Å². The van der Waals surface area contributed by atoms with Gasteiger partial charge in [0.05, 0.1) is 0 Å². The van der Waals surface area contributed by atoms with Gasteiger partial charge in [-0.05, 0) is 34.7 Å². The molecule has 0 unspecified atom stereocenters. The number of rotatable bonds is 2. The molecule has 2 aromatic carbocycles. The summed E-state index contributed by atoms with van der Waals surface area (Å²) in [6, 6.07) is 19.9. The smallest absolute Gasteiger partial charge is 0.0178 e. The second-order valence-electron chi connectivity index (χ2n) is 4.07. The molecule has 0 N–H and O–H groups in total. The minimum Gasteiger partial charge on any atom is -0.0610 e. The fraction of sp³-hybridized carbons (Fsp3) is 0.200. The van der Waals surface area contributed by atoms with Crippen LogP contribution in [0.2, 0.25) is 0 Å². The summed E-state index contributed by atoms with van der Waals surface area (Å²) < 4.78 is 0. The number of hydrogen-bond acceptors (Lipinski definition) is 0. The lowest BCUT2D eigenvalue weighted by Gasteiger charge is -2.06. The van der Waals surface area contributed by atoms with Gasteiger partial charge in [-0.3, -0.25) is 0 Å². The van der Waals surface area contributed by atoms with Gasteiger partial charge in [-0.15, -0.1) is 0 Å². The molecule has 1 radical (unpaired) electrons. The molecule has 0 fully saturated rings. The molecule has 0 heterocycles. The third kappa shape index (κ3) is 2.27. The quantitative estimate of drug-likeness (QED) is 0.671. The summed E-state index contributed by atoms with van der Waals surface area (Å²) in [6.07, 6.45) is 0. The Morgan fingerprint density at radius 3 is 2.20 bits per heavy atom. The topological polar surface area (TPSA) is 0 Å². The molecule has 0 heteroatoms. The van der Waals surface area contributed by atoms with Gasteiger partial charge >= 0.3 is 0 Å². The minimum absolute atomic E-state index is 0.599. The first-order valence-corrected chi connectivity index (χ1v) is 5.34. The van der Waals surface area contributed by atoms with Crippen LogP contribution in [-0.4, -0.2) is 0 Å². The van der Waals surface area contributed by atoms with Crippen molar-refractivity contribution < 1.29 is 0 Å². The van der Waals surface area contributed by atoms with Gasteiger partial charge in [0.25, 0.3) is 0 Å². The molecule has 0 aliphatic carbocycles. The summed E-state index contributed by atoms with van der Waals surface area (Å²) in [5.41, 5.74) is 3.88. The lowest BCUT2D eigenvalue weighted by Crippen LogP contribution is -1.86. The van der Waals surface area contributed by atoms with Crippen molar-refractivity contribution in [2.45, 2.75) is 19.8 Å². The molecule has 2 rings (SSSR count). The van der Waals surface area contributed by atoms with Gasteiger partial charge in [0.15, 0.2) is 0 Å². The van der Waals surface area contributed by atoms with Crippen molar-refractivity contribution in [2.75, 3.05) is 0 Å². The second-order valence-corrected chi connectivity index (χ2v) is 4.07. The SMILES string of the molecule is CC(C)c1ccc(-c2c[c]ccc2)cc1. The van der Waals surface area contributed by atoms with Crippen molar-refractivity contribution in [3.63, 3.8) is 0 Å². The van der Waals surface area contributed by atoms with Crippen LogP contribution in [0.15, 0.2) is 48.5 Å². The van der Waals surface area contributed by atoms with E-state index in [9.17, 15) is 0 Å². The number of hydrogen-bond donors (Lipinski definition) is 0. The standard InChI is InChI=1S/C15H15/c1-12(2)13-8-10-15(11-9-13)14-6-4-3-5-7-14/h3-4,6-12H,1-2H3. The zero-order valence-corrected chi connectivity index (χ0v) is 9.20. The highest BCUT2D eigenvalue weighted by atomic mass is 14.0. The first-order valence-electron chi connectivity index (χ1n) is 5.34. The van der Waals surface area contributed by atoms with Crippen molar-refractivity contribution in [3.05, 3.63) is 60.2 Å². The molecule has 0 atom stereocenters. The normalized spacial score (nSPS) is 10.6. The summed E-state index contributed by atoms with van der Waals surface area (Å²) in [6.45, 7) is 4.43. The van der Waals surface area contributed by atoms with Crippen LogP contribution in [-0.2, 0) is 0 Å². The molecule has 0 saturated carbocycles. The van der Waals surface area contributed by atoms with Crippen LogP contribution in [0, 0.1) is 6.07 Å². The maximum atomic E-state index is 3.10. The first-order chi connectivity index (χ1) is 7.27. The molecular formula is C15H15. The Morgan fingerprint density at radius 2 is 1.67 bits per heavy atom. The summed E-state index contributed by atoms with van der Waals surface area (Å²) in [4.78, 5) is 0. The van der Waals surface area contributed by atoms with Gasteiger partial charge < -0.3 is 0 Å². The molecule has 2 aromatic rings. The predicted octanol–water partition coefficient (Wildman–Crippen LogP) is 4.28. The Hall–Kier alpha value is -1.56. The van der Waals surface area contributed by atoms with Gasteiger partial charge in [-0.2, -0.15) is 0 Å². The lowest BCUT2D eigenvalue weighted by molar-refractivity contribution is 0.867. The van der Waals surface area contributed by atoms with Gasteiger partial charge in [-0.25, -0.2) is 0 Å². The molecular weight excluding hydrogens is 180 g/mol. The summed E-state index contributed by atoms with van der Waals surface area (Å²) >= 11 is 0. The van der Waals surface area contributed by atoms with Crippen LogP contribution >= 0.6 is 0 Å². The molecule has 0 spiro atoms. The fourth-order valence-corrected chi connectivity index (χ4v) is 1.63. The van der Waals surface area contributed by atoms with E-state index in [1.165, 1.54) is 16.7 Å². The van der Waals surface area contributed by atoms with Crippen LogP contribution in [0.4, 0.5) is 0 Å². The van der Waals surface area contributed by atoms with E-state index in [0.717, 1.165) is 0 Å². The van der Waals surface area contributed by atoms with Crippen LogP contribution in [0.3, 0.4) is 0 Å². The summed E-state index contributed by atoms with van der Waals surface area (Å²) in [5, 5.41) is 0. The molecule has 0 nitrogen and oxygen atoms in total. The molecule has 0 aromatic heterocycles. The summed E-state index contributed by atoms with van der Waals surface area (Å²) in [5.74, 6) is 0.599. The van der Waals surface area contributed by atoms with E-state index in [2.05, 4.69) is 50.2 Å². The third-order valence-electron chi connectivity index (χ3n) is 2.62. The largest absolute Gasteiger partial charge is 0.0610 e. The molecule has 75 valence electrons. The van der Waals surface area contributed by atoms with Crippen molar-refractivity contribution in [1.82, 2.24) is 0 Å². The third-order valence-corrected chi connectivity index (χ3v) is 2.62. The first kappa shape index (κ1) is 9.97. The highest BCUT2D eigenvalue weighted by molar-refractivity contribution is 5.63. The Kier molecular flexibility index (Phi) is 2.86. The van der Waals surface area contributed by atoms with E-state index in [0.29, 0.717) is 5.92 Å². The Labute approximate surface area is 91.6 Å². The lowest BCUT2D eigenvalue weighted by atomic mass is 9.99. The van der Waals surface area contributed by atoms with Crippen molar-refractivity contribution >= 4 is 0 Å². The Morgan fingerprint density at radius 1 is 0.933 bits per heavy atom. The minimum atomic E-state index is 0.599. The molecule has 0 aliphatic heterocycles. The van der Waals surface area contributed by atoms with E-state index in [1.54, 1.807) is 0 Å². The molecule has 0 bridgehead atoms. The van der Waals surface area contributed by atoms with Gasteiger partial charge in [-0.1, -0.05) is 56.3 Å². The van der Waals surface area contributed by atoms with Gasteiger partial charge in [0, 0.05) is 0 Å². The van der Waals surface area contributed by atoms with Gasteiger partial charge in [0.2, 0.25) is 0 Å². The maximum absolute atomic E-state index is 3.10. The van der Waals surface area contributed by atoms with Crippen molar-refractivity contribution in [1.29, 1.82) is 0 Å². The van der Waals surface area contributed by atoms with Gasteiger partial charge in [0.1, 0.15) is 0 Å². The highest BCUT2D eigenvalue weighted by Crippen LogP contribution is 2.21. The Balaban J connectivity index is 2.32. The van der Waals surface area contributed by atoms with E-state index in [4.69, 9.17) is 0 Å². The van der Waals surface area contributed by atoms with E-state index in [-0.39, 0.29) is 0 Å². The average Bonchev–Trinajstić information content (AvgIpc) is 2.30. The van der Waals surface area contributed by atoms with Crippen LogP contribution < -0.4 is 0 Å². The average molecular weight is 195 g/mol. The molecule has 0 amide bonds. The predicted molar refractivity (Wildman–Crippen MR) is 64.8 cm³/mol. The molecule has 15 heavy (non-hydrogen) atoms. The monoisotopic (exact) mass is 195 g/mol. The van der Waals surface area contributed by atoms with E-state index in [1.807, 2.05) is 18.2 Å². The van der Waals surface area contributed by atoms with Crippen LogP contribution in [0.1, 0.15) is 25.3 Å². The van der Waals surface area contributed by atoms with Crippen molar-refractivity contribution in [3.8, 4) is 11.1 Å². The van der Waals surface area contributed by atoms with Crippen molar-refractivity contribution in [2.24, 2.45) is 0 Å². The van der Waals surface area contributed by atoms with E-state index >= 15 is 0 Å². The van der Waals surface area contributed by atoms with Crippen LogP contribution in [0.25, 0.3) is 11.1 Å². The Bertz CT molecular complexity index is 410. The highest BCUT2D eigenvalue weighted by Gasteiger charge is 1.99. The summed E-state index contributed by atoms with van der Waals surface area (Å²) in [7, 11) is 0. The molecule has 0 aliphatic rings. The second kappa shape index (κ2) is 4.31. The maximum Gasteiger partial charge on any atom is -0.0178 e. The number of benzene rings is 2. The zero-order valence-electron chi connectivity index (χ0n) is 9.20. The zero-order chi connectivity index (χ0) is 10.7. The fourth-order valence-electron chi connectivity index (χ4n) is 1.63. The molecule has 0 saturated heterocycles.